The Morgan fingerprint density at radius 1 is 1.42 bits per heavy atom. The lowest BCUT2D eigenvalue weighted by atomic mass is 10.1. The van der Waals surface area contributed by atoms with Gasteiger partial charge in [0.2, 0.25) is 0 Å². The van der Waals surface area contributed by atoms with Crippen LogP contribution in [0.4, 0.5) is 0 Å². The zero-order valence-electron chi connectivity index (χ0n) is 7.87. The summed E-state index contributed by atoms with van der Waals surface area (Å²) in [5.41, 5.74) is 0. The zero-order valence-corrected chi connectivity index (χ0v) is 7.87. The summed E-state index contributed by atoms with van der Waals surface area (Å²) in [4.78, 5) is 2.49. The smallest absolute Gasteiger partial charge is 0.0682 e. The second-order valence-electron chi connectivity index (χ2n) is 4.35. The van der Waals surface area contributed by atoms with E-state index in [4.69, 9.17) is 0 Å². The highest BCUT2D eigenvalue weighted by Crippen LogP contribution is 2.32. The number of likely N-dealkylation sites (tertiary alicyclic amines) is 1. The topological polar surface area (TPSA) is 23.5 Å². The standard InChI is InChI=1S/C10H19NO/c1-2-9-5-10(12)7-11(9)6-8-3-4-8/h8-10,12H,2-7H2,1H3. The first-order valence-electron chi connectivity index (χ1n) is 5.21. The average Bonchev–Trinajstić information content (AvgIpc) is 2.76. The Balaban J connectivity index is 1.84. The lowest BCUT2D eigenvalue weighted by molar-refractivity contribution is 0.172. The molecule has 0 aromatic heterocycles. The monoisotopic (exact) mass is 169 g/mol. The van der Waals surface area contributed by atoms with Crippen molar-refractivity contribution >= 4 is 0 Å². The summed E-state index contributed by atoms with van der Waals surface area (Å²) in [5, 5.41) is 9.49. The van der Waals surface area contributed by atoms with Gasteiger partial charge in [-0.15, -0.1) is 0 Å². The maximum atomic E-state index is 9.49. The van der Waals surface area contributed by atoms with E-state index >= 15 is 0 Å². The van der Waals surface area contributed by atoms with E-state index in [1.807, 2.05) is 0 Å². The van der Waals surface area contributed by atoms with Crippen LogP contribution in [0.3, 0.4) is 0 Å². The molecule has 12 heavy (non-hydrogen) atoms. The second-order valence-corrected chi connectivity index (χ2v) is 4.35. The van der Waals surface area contributed by atoms with Crippen molar-refractivity contribution < 1.29 is 5.11 Å². The third kappa shape index (κ3) is 1.80. The van der Waals surface area contributed by atoms with E-state index in [-0.39, 0.29) is 6.10 Å². The lowest BCUT2D eigenvalue weighted by Crippen LogP contribution is -2.31. The van der Waals surface area contributed by atoms with Crippen molar-refractivity contribution in [3.63, 3.8) is 0 Å². The van der Waals surface area contributed by atoms with Gasteiger partial charge in [-0.3, -0.25) is 4.90 Å². The minimum atomic E-state index is -0.0475. The SMILES string of the molecule is CCC1CC(O)CN1CC1CC1. The molecule has 0 aromatic rings. The fourth-order valence-corrected chi connectivity index (χ4v) is 2.24. The predicted molar refractivity (Wildman–Crippen MR) is 49.0 cm³/mol. The minimum Gasteiger partial charge on any atom is -0.392 e. The lowest BCUT2D eigenvalue weighted by Gasteiger charge is -2.22. The van der Waals surface area contributed by atoms with Crippen LogP contribution in [0.15, 0.2) is 0 Å². The Bertz CT molecular complexity index is 156. The van der Waals surface area contributed by atoms with Crippen LogP contribution in [0, 0.1) is 5.92 Å². The molecule has 1 heterocycles. The first-order chi connectivity index (χ1) is 5.79. The van der Waals surface area contributed by atoms with Crippen molar-refractivity contribution in [1.82, 2.24) is 4.90 Å². The van der Waals surface area contributed by atoms with E-state index in [9.17, 15) is 5.11 Å². The maximum Gasteiger partial charge on any atom is 0.0682 e. The molecule has 2 fully saturated rings. The van der Waals surface area contributed by atoms with E-state index in [1.165, 1.54) is 25.8 Å². The number of aliphatic hydroxyl groups is 1. The molecular formula is C10H19NO. The number of hydrogen-bond acceptors (Lipinski definition) is 2. The Kier molecular flexibility index (Phi) is 2.37. The van der Waals surface area contributed by atoms with Crippen molar-refractivity contribution in [2.75, 3.05) is 13.1 Å². The molecular weight excluding hydrogens is 150 g/mol. The number of rotatable bonds is 3. The van der Waals surface area contributed by atoms with E-state index < -0.39 is 0 Å². The second kappa shape index (κ2) is 3.35. The number of β-amino-alcohol motifs (C(OH)–C–C–N with tert-alkyl or cyclic N) is 1. The first kappa shape index (κ1) is 8.52. The molecule has 1 saturated heterocycles. The van der Waals surface area contributed by atoms with Crippen LogP contribution in [0.5, 0.6) is 0 Å². The molecule has 2 heteroatoms. The van der Waals surface area contributed by atoms with Crippen molar-refractivity contribution in [3.8, 4) is 0 Å². The van der Waals surface area contributed by atoms with Crippen LogP contribution in [0.25, 0.3) is 0 Å². The summed E-state index contributed by atoms with van der Waals surface area (Å²) in [5.74, 6) is 0.962. The molecule has 0 amide bonds. The molecule has 0 radical (unpaired) electrons. The van der Waals surface area contributed by atoms with Crippen LogP contribution < -0.4 is 0 Å². The van der Waals surface area contributed by atoms with E-state index in [0.717, 1.165) is 18.9 Å². The van der Waals surface area contributed by atoms with Gasteiger partial charge in [0.25, 0.3) is 0 Å². The zero-order chi connectivity index (χ0) is 8.55. The van der Waals surface area contributed by atoms with Crippen LogP contribution in [0.2, 0.25) is 0 Å². The van der Waals surface area contributed by atoms with Crippen molar-refractivity contribution in [2.24, 2.45) is 5.92 Å². The van der Waals surface area contributed by atoms with Gasteiger partial charge in [0.15, 0.2) is 0 Å². The van der Waals surface area contributed by atoms with Crippen molar-refractivity contribution in [2.45, 2.75) is 44.8 Å². The fourth-order valence-electron chi connectivity index (χ4n) is 2.24. The largest absolute Gasteiger partial charge is 0.392 e. The molecule has 2 aliphatic rings. The third-order valence-corrected chi connectivity index (χ3v) is 3.17. The van der Waals surface area contributed by atoms with Gasteiger partial charge in [-0.1, -0.05) is 6.92 Å². The van der Waals surface area contributed by atoms with Gasteiger partial charge in [0.05, 0.1) is 6.10 Å². The number of aliphatic hydroxyl groups excluding tert-OH is 1. The van der Waals surface area contributed by atoms with Crippen LogP contribution in [-0.2, 0) is 0 Å². The molecule has 70 valence electrons. The van der Waals surface area contributed by atoms with E-state index in [0.29, 0.717) is 6.04 Å². The molecule has 0 aromatic carbocycles. The quantitative estimate of drug-likeness (QED) is 0.687. The van der Waals surface area contributed by atoms with E-state index in [2.05, 4.69) is 11.8 Å². The van der Waals surface area contributed by atoms with Crippen LogP contribution in [-0.4, -0.2) is 35.2 Å². The molecule has 0 spiro atoms. The Morgan fingerprint density at radius 3 is 2.75 bits per heavy atom. The molecule has 2 unspecified atom stereocenters. The highest BCUT2D eigenvalue weighted by Gasteiger charge is 2.33. The van der Waals surface area contributed by atoms with Gasteiger partial charge in [0, 0.05) is 19.1 Å². The van der Waals surface area contributed by atoms with Crippen molar-refractivity contribution in [1.29, 1.82) is 0 Å². The van der Waals surface area contributed by atoms with Crippen molar-refractivity contribution in [3.05, 3.63) is 0 Å². The molecule has 1 saturated carbocycles. The summed E-state index contributed by atoms with van der Waals surface area (Å²) in [7, 11) is 0. The van der Waals surface area contributed by atoms with Gasteiger partial charge in [-0.2, -0.15) is 0 Å². The average molecular weight is 169 g/mol. The van der Waals surface area contributed by atoms with Crippen LogP contribution >= 0.6 is 0 Å². The van der Waals surface area contributed by atoms with Gasteiger partial charge >= 0.3 is 0 Å². The maximum absolute atomic E-state index is 9.49. The van der Waals surface area contributed by atoms with Gasteiger partial charge in [-0.05, 0) is 31.6 Å². The molecule has 0 bridgehead atoms. The first-order valence-corrected chi connectivity index (χ1v) is 5.21. The summed E-state index contributed by atoms with van der Waals surface area (Å²) >= 11 is 0. The molecule has 1 aliphatic carbocycles. The summed E-state index contributed by atoms with van der Waals surface area (Å²) < 4.78 is 0. The van der Waals surface area contributed by atoms with E-state index in [1.54, 1.807) is 0 Å². The molecule has 2 atom stereocenters. The number of hydrogen-bond donors (Lipinski definition) is 1. The summed E-state index contributed by atoms with van der Waals surface area (Å²) in [6, 6.07) is 0.667. The highest BCUT2D eigenvalue weighted by molar-refractivity contribution is 4.88. The minimum absolute atomic E-state index is 0.0475. The Morgan fingerprint density at radius 2 is 2.17 bits per heavy atom. The van der Waals surface area contributed by atoms with Gasteiger partial charge in [-0.25, -0.2) is 0 Å². The number of nitrogens with zero attached hydrogens (tertiary/aromatic N) is 1. The molecule has 1 N–H and O–H groups in total. The third-order valence-electron chi connectivity index (χ3n) is 3.17. The molecule has 2 rings (SSSR count). The summed E-state index contributed by atoms with van der Waals surface area (Å²) in [6.45, 7) is 4.40. The highest BCUT2D eigenvalue weighted by atomic mass is 16.3. The predicted octanol–water partition coefficient (Wildman–Crippen LogP) is 1.24. The van der Waals surface area contributed by atoms with Gasteiger partial charge < -0.3 is 5.11 Å². The fraction of sp³-hybridized carbons (Fsp3) is 1.00. The summed E-state index contributed by atoms with van der Waals surface area (Å²) in [6.07, 6.45) is 4.99. The Labute approximate surface area is 74.6 Å². The Hall–Kier alpha value is -0.0800. The molecule has 1 aliphatic heterocycles. The van der Waals surface area contributed by atoms with Gasteiger partial charge in [0.1, 0.15) is 0 Å². The molecule has 2 nitrogen and oxygen atoms in total. The normalized spacial score (nSPS) is 37.5. The van der Waals surface area contributed by atoms with Crippen LogP contribution in [0.1, 0.15) is 32.6 Å².